The summed E-state index contributed by atoms with van der Waals surface area (Å²) in [5.74, 6) is 3.36. The third-order valence-electron chi connectivity index (χ3n) is 12.2. The lowest BCUT2D eigenvalue weighted by atomic mass is 9.45. The fourth-order valence-corrected chi connectivity index (χ4v) is 10.00. The standard InChI is InChI=1S/C28H49N3O2/c1-27-8-6-21(30-12-10-29(3)11-13-30)18-20(27)4-5-22-23(27)7-9-28(2)24(22)19-25(26(28)32)31-14-16-33-17-15-31/h20-26,32H,4-19H2,1-3H3/t20-,21-,22+,23-,24-,25-,26-,27-,28-/m0/s1. The van der Waals surface area contributed by atoms with Crippen LogP contribution in [-0.4, -0.2) is 97.5 Å². The molecular weight excluding hydrogens is 410 g/mol. The zero-order chi connectivity index (χ0) is 22.8. The van der Waals surface area contributed by atoms with Gasteiger partial charge in [-0.15, -0.1) is 0 Å². The predicted molar refractivity (Wildman–Crippen MR) is 132 cm³/mol. The van der Waals surface area contributed by atoms with E-state index in [1.54, 1.807) is 0 Å². The molecule has 5 heteroatoms. The zero-order valence-corrected chi connectivity index (χ0v) is 21.6. The molecule has 6 aliphatic rings. The summed E-state index contributed by atoms with van der Waals surface area (Å²) >= 11 is 0. The maximum Gasteiger partial charge on any atom is 0.0751 e. The molecule has 0 aromatic carbocycles. The van der Waals surface area contributed by atoms with E-state index in [1.807, 2.05) is 0 Å². The van der Waals surface area contributed by atoms with Crippen molar-refractivity contribution >= 4 is 0 Å². The van der Waals surface area contributed by atoms with Crippen LogP contribution in [0.4, 0.5) is 0 Å². The van der Waals surface area contributed by atoms with Crippen LogP contribution in [0.15, 0.2) is 0 Å². The largest absolute Gasteiger partial charge is 0.391 e. The van der Waals surface area contributed by atoms with E-state index >= 15 is 0 Å². The van der Waals surface area contributed by atoms with Gasteiger partial charge >= 0.3 is 0 Å². The quantitative estimate of drug-likeness (QED) is 0.686. The Labute approximate surface area is 202 Å². The van der Waals surface area contributed by atoms with Crippen molar-refractivity contribution in [3.05, 3.63) is 0 Å². The van der Waals surface area contributed by atoms with Crippen LogP contribution in [0.25, 0.3) is 0 Å². The molecule has 5 nitrogen and oxygen atoms in total. The van der Waals surface area contributed by atoms with Gasteiger partial charge in [0.15, 0.2) is 0 Å². The average Bonchev–Trinajstić information content (AvgIpc) is 3.10. The molecule has 0 bridgehead atoms. The molecule has 0 aromatic heterocycles. The van der Waals surface area contributed by atoms with Crippen LogP contribution in [0.5, 0.6) is 0 Å². The van der Waals surface area contributed by atoms with Crippen molar-refractivity contribution < 1.29 is 9.84 Å². The predicted octanol–water partition coefficient (Wildman–Crippen LogP) is 3.32. The molecule has 2 saturated heterocycles. The average molecular weight is 460 g/mol. The van der Waals surface area contributed by atoms with Gasteiger partial charge < -0.3 is 14.7 Å². The van der Waals surface area contributed by atoms with Crippen LogP contribution in [0.2, 0.25) is 0 Å². The smallest absolute Gasteiger partial charge is 0.0751 e. The lowest BCUT2D eigenvalue weighted by Crippen LogP contribution is -2.57. The molecule has 0 aromatic rings. The number of ether oxygens (including phenoxy) is 1. The number of likely N-dealkylation sites (N-methyl/N-ethyl adjacent to an activating group) is 1. The maximum absolute atomic E-state index is 11.6. The number of piperazine rings is 1. The van der Waals surface area contributed by atoms with E-state index in [1.165, 1.54) is 77.5 Å². The Bertz CT molecular complexity index is 705. The molecule has 0 radical (unpaired) electrons. The second-order valence-corrected chi connectivity index (χ2v) is 13.4. The highest BCUT2D eigenvalue weighted by atomic mass is 16.5. The number of nitrogens with zero attached hydrogens (tertiary/aromatic N) is 3. The molecule has 0 amide bonds. The number of morpholine rings is 1. The van der Waals surface area contributed by atoms with E-state index in [4.69, 9.17) is 4.74 Å². The van der Waals surface area contributed by atoms with E-state index in [0.29, 0.717) is 17.4 Å². The summed E-state index contributed by atoms with van der Waals surface area (Å²) in [7, 11) is 2.27. The highest BCUT2D eigenvalue weighted by Crippen LogP contribution is 2.66. The molecular formula is C28H49N3O2. The van der Waals surface area contributed by atoms with Gasteiger partial charge in [0.1, 0.15) is 0 Å². The van der Waals surface area contributed by atoms with Crippen LogP contribution in [-0.2, 0) is 4.74 Å². The molecule has 188 valence electrons. The van der Waals surface area contributed by atoms with Crippen molar-refractivity contribution in [1.29, 1.82) is 0 Å². The third-order valence-corrected chi connectivity index (χ3v) is 12.2. The molecule has 33 heavy (non-hydrogen) atoms. The Balaban J connectivity index is 1.17. The van der Waals surface area contributed by atoms with Gasteiger partial charge in [-0.2, -0.15) is 0 Å². The van der Waals surface area contributed by atoms with E-state index in [9.17, 15) is 5.11 Å². The molecule has 1 N–H and O–H groups in total. The molecule has 4 aliphatic carbocycles. The van der Waals surface area contributed by atoms with Crippen LogP contribution in [0.1, 0.15) is 65.2 Å². The lowest BCUT2D eigenvalue weighted by molar-refractivity contribution is -0.132. The van der Waals surface area contributed by atoms with Gasteiger partial charge in [-0.1, -0.05) is 13.8 Å². The van der Waals surface area contributed by atoms with E-state index in [-0.39, 0.29) is 11.5 Å². The minimum Gasteiger partial charge on any atom is -0.391 e. The Morgan fingerprint density at radius 3 is 2.24 bits per heavy atom. The molecule has 4 saturated carbocycles. The summed E-state index contributed by atoms with van der Waals surface area (Å²) in [6.45, 7) is 13.9. The molecule has 2 aliphatic heterocycles. The van der Waals surface area contributed by atoms with Crippen LogP contribution in [0, 0.1) is 34.5 Å². The van der Waals surface area contributed by atoms with E-state index in [2.05, 4.69) is 35.6 Å². The Hall–Kier alpha value is -0.200. The molecule has 6 fully saturated rings. The van der Waals surface area contributed by atoms with Gasteiger partial charge in [0, 0.05) is 51.4 Å². The SMILES string of the molecule is CN1CCN([C@H]2CC[C@@]3(C)[C@@H](CC[C@@H]4[C@@H]3CC[C@]3(C)[C@@H](O)[C@@H](N5CCOCC5)C[C@@H]43)C2)CC1. The highest BCUT2D eigenvalue weighted by Gasteiger charge is 2.63. The number of aliphatic hydroxyl groups is 1. The van der Waals surface area contributed by atoms with E-state index < -0.39 is 0 Å². The summed E-state index contributed by atoms with van der Waals surface area (Å²) in [6.07, 6.45) is 10.8. The van der Waals surface area contributed by atoms with Crippen molar-refractivity contribution in [2.45, 2.75) is 83.4 Å². The van der Waals surface area contributed by atoms with E-state index in [0.717, 1.165) is 50.1 Å². The van der Waals surface area contributed by atoms with Crippen molar-refractivity contribution in [3.8, 4) is 0 Å². The minimum absolute atomic E-state index is 0.129. The normalized spacial score (nSPS) is 52.2. The topological polar surface area (TPSA) is 39.2 Å². The first-order valence-electron chi connectivity index (χ1n) is 14.3. The first-order chi connectivity index (χ1) is 15.9. The van der Waals surface area contributed by atoms with Crippen molar-refractivity contribution in [2.24, 2.45) is 34.5 Å². The molecule has 9 atom stereocenters. The summed E-state index contributed by atoms with van der Waals surface area (Å²) in [5.41, 5.74) is 0.666. The Kier molecular flexibility index (Phi) is 6.14. The monoisotopic (exact) mass is 459 g/mol. The van der Waals surface area contributed by atoms with Crippen molar-refractivity contribution in [3.63, 3.8) is 0 Å². The highest BCUT2D eigenvalue weighted by molar-refractivity contribution is 5.13. The third kappa shape index (κ3) is 3.75. The van der Waals surface area contributed by atoms with Gasteiger partial charge in [-0.3, -0.25) is 9.80 Å². The molecule has 2 heterocycles. The van der Waals surface area contributed by atoms with Gasteiger partial charge in [-0.25, -0.2) is 0 Å². The molecule has 0 spiro atoms. The second kappa shape index (κ2) is 8.73. The van der Waals surface area contributed by atoms with Gasteiger partial charge in [0.25, 0.3) is 0 Å². The number of fused-ring (bicyclic) bond motifs is 5. The Morgan fingerprint density at radius 1 is 0.758 bits per heavy atom. The first kappa shape index (κ1) is 23.2. The maximum atomic E-state index is 11.6. The summed E-state index contributed by atoms with van der Waals surface area (Å²) < 4.78 is 5.63. The fraction of sp³-hybridized carbons (Fsp3) is 1.00. The van der Waals surface area contributed by atoms with Crippen LogP contribution >= 0.6 is 0 Å². The number of hydrogen-bond acceptors (Lipinski definition) is 5. The van der Waals surface area contributed by atoms with Crippen molar-refractivity contribution in [1.82, 2.24) is 14.7 Å². The van der Waals surface area contributed by atoms with Crippen LogP contribution < -0.4 is 0 Å². The zero-order valence-electron chi connectivity index (χ0n) is 21.6. The van der Waals surface area contributed by atoms with Crippen LogP contribution in [0.3, 0.4) is 0 Å². The lowest BCUT2D eigenvalue weighted by Gasteiger charge is -2.61. The molecule has 6 rings (SSSR count). The van der Waals surface area contributed by atoms with Crippen molar-refractivity contribution in [2.75, 3.05) is 59.5 Å². The second-order valence-electron chi connectivity index (χ2n) is 13.4. The summed E-state index contributed by atoms with van der Waals surface area (Å²) in [5, 5.41) is 11.6. The first-order valence-corrected chi connectivity index (χ1v) is 14.3. The summed E-state index contributed by atoms with van der Waals surface area (Å²) in [4.78, 5) is 7.90. The summed E-state index contributed by atoms with van der Waals surface area (Å²) in [6, 6.07) is 1.20. The van der Waals surface area contributed by atoms with Gasteiger partial charge in [-0.05, 0) is 92.9 Å². The number of rotatable bonds is 2. The number of aliphatic hydroxyl groups excluding tert-OH is 1. The van der Waals surface area contributed by atoms with Gasteiger partial charge in [0.05, 0.1) is 19.3 Å². The molecule has 0 unspecified atom stereocenters. The minimum atomic E-state index is -0.153. The Morgan fingerprint density at radius 2 is 1.48 bits per heavy atom. The fourth-order valence-electron chi connectivity index (χ4n) is 10.00. The number of hydrogen-bond donors (Lipinski definition) is 1. The van der Waals surface area contributed by atoms with Gasteiger partial charge in [0.2, 0.25) is 0 Å².